The predicted molar refractivity (Wildman–Crippen MR) is 104 cm³/mol. The molecule has 2 heterocycles. The smallest absolute Gasteiger partial charge is 0.252 e. The number of rotatable bonds is 4. The van der Waals surface area contributed by atoms with E-state index in [0.29, 0.717) is 11.8 Å². The highest BCUT2D eigenvalue weighted by molar-refractivity contribution is 6.07. The SMILES string of the molecule is CC(C)[C@H](C)NC(=O)c1cc(N2CCC[C@@H](C)C2)nc2ccccc12. The number of carbonyl (C=O) groups is 1. The van der Waals surface area contributed by atoms with Crippen molar-refractivity contribution in [1.29, 1.82) is 0 Å². The van der Waals surface area contributed by atoms with Gasteiger partial charge in [-0.3, -0.25) is 4.79 Å². The molecule has 1 aromatic carbocycles. The van der Waals surface area contributed by atoms with E-state index in [9.17, 15) is 4.79 Å². The van der Waals surface area contributed by atoms with Crippen molar-refractivity contribution in [2.24, 2.45) is 11.8 Å². The Balaban J connectivity index is 1.99. The molecule has 0 bridgehead atoms. The van der Waals surface area contributed by atoms with Gasteiger partial charge in [0.1, 0.15) is 5.82 Å². The van der Waals surface area contributed by atoms with Gasteiger partial charge in [0.25, 0.3) is 5.91 Å². The average molecular weight is 339 g/mol. The van der Waals surface area contributed by atoms with E-state index in [1.165, 1.54) is 12.8 Å². The van der Waals surface area contributed by atoms with Crippen LogP contribution in [0, 0.1) is 11.8 Å². The molecule has 134 valence electrons. The molecule has 0 aliphatic carbocycles. The van der Waals surface area contributed by atoms with Crippen LogP contribution in [-0.4, -0.2) is 30.0 Å². The first kappa shape index (κ1) is 17.7. The molecular weight excluding hydrogens is 310 g/mol. The highest BCUT2D eigenvalue weighted by atomic mass is 16.1. The maximum atomic E-state index is 12.9. The largest absolute Gasteiger partial charge is 0.356 e. The second kappa shape index (κ2) is 7.42. The Morgan fingerprint density at radius 3 is 2.76 bits per heavy atom. The van der Waals surface area contributed by atoms with Gasteiger partial charge in [-0.15, -0.1) is 0 Å². The summed E-state index contributed by atoms with van der Waals surface area (Å²) in [6, 6.07) is 10.0. The van der Waals surface area contributed by atoms with Gasteiger partial charge < -0.3 is 10.2 Å². The fraction of sp³-hybridized carbons (Fsp3) is 0.524. The van der Waals surface area contributed by atoms with Gasteiger partial charge in [-0.1, -0.05) is 39.0 Å². The molecule has 4 nitrogen and oxygen atoms in total. The highest BCUT2D eigenvalue weighted by Gasteiger charge is 2.21. The molecule has 4 heteroatoms. The number of carbonyl (C=O) groups excluding carboxylic acids is 1. The Bertz CT molecular complexity index is 756. The number of piperidine rings is 1. The maximum Gasteiger partial charge on any atom is 0.252 e. The molecule has 0 saturated carbocycles. The Hall–Kier alpha value is -2.10. The van der Waals surface area contributed by atoms with Crippen molar-refractivity contribution in [2.75, 3.05) is 18.0 Å². The molecule has 0 unspecified atom stereocenters. The number of anilines is 1. The Labute approximate surface area is 150 Å². The number of para-hydroxylation sites is 1. The first-order valence-corrected chi connectivity index (χ1v) is 9.41. The van der Waals surface area contributed by atoms with Gasteiger partial charge in [-0.2, -0.15) is 0 Å². The van der Waals surface area contributed by atoms with Crippen molar-refractivity contribution in [3.05, 3.63) is 35.9 Å². The van der Waals surface area contributed by atoms with Crippen LogP contribution in [0.4, 0.5) is 5.82 Å². The van der Waals surface area contributed by atoms with Crippen molar-refractivity contribution in [2.45, 2.75) is 46.6 Å². The number of fused-ring (bicyclic) bond motifs is 1. The van der Waals surface area contributed by atoms with Gasteiger partial charge in [0.05, 0.1) is 11.1 Å². The molecule has 1 aromatic heterocycles. The Kier molecular flexibility index (Phi) is 5.26. The van der Waals surface area contributed by atoms with E-state index in [0.717, 1.165) is 35.4 Å². The van der Waals surface area contributed by atoms with Crippen LogP contribution in [0.5, 0.6) is 0 Å². The molecule has 1 aliphatic rings. The lowest BCUT2D eigenvalue weighted by Gasteiger charge is -2.32. The molecule has 1 N–H and O–H groups in total. The number of nitrogens with zero attached hydrogens (tertiary/aromatic N) is 2. The number of pyridine rings is 1. The zero-order valence-electron chi connectivity index (χ0n) is 15.7. The third-order valence-corrected chi connectivity index (χ3v) is 5.29. The van der Waals surface area contributed by atoms with E-state index in [4.69, 9.17) is 4.98 Å². The fourth-order valence-corrected chi connectivity index (χ4v) is 3.36. The van der Waals surface area contributed by atoms with E-state index in [1.54, 1.807) is 0 Å². The summed E-state index contributed by atoms with van der Waals surface area (Å²) in [7, 11) is 0. The van der Waals surface area contributed by atoms with Crippen LogP contribution < -0.4 is 10.2 Å². The number of nitrogens with one attached hydrogen (secondary N) is 1. The van der Waals surface area contributed by atoms with Crippen molar-refractivity contribution in [3.63, 3.8) is 0 Å². The van der Waals surface area contributed by atoms with E-state index < -0.39 is 0 Å². The molecule has 3 rings (SSSR count). The zero-order valence-corrected chi connectivity index (χ0v) is 15.7. The van der Waals surface area contributed by atoms with Crippen LogP contribution in [0.15, 0.2) is 30.3 Å². The summed E-state index contributed by atoms with van der Waals surface area (Å²) in [5, 5.41) is 4.06. The number of aromatic nitrogens is 1. The first-order valence-electron chi connectivity index (χ1n) is 9.41. The first-order chi connectivity index (χ1) is 12.0. The molecular formula is C21H29N3O. The van der Waals surface area contributed by atoms with Crippen molar-refractivity contribution >= 4 is 22.6 Å². The zero-order chi connectivity index (χ0) is 18.0. The Morgan fingerprint density at radius 1 is 1.28 bits per heavy atom. The molecule has 0 spiro atoms. The van der Waals surface area contributed by atoms with Crippen LogP contribution in [-0.2, 0) is 0 Å². The summed E-state index contributed by atoms with van der Waals surface area (Å²) in [6.07, 6.45) is 2.45. The predicted octanol–water partition coefficient (Wildman–Crippen LogP) is 4.25. The van der Waals surface area contributed by atoms with Crippen LogP contribution >= 0.6 is 0 Å². The Morgan fingerprint density at radius 2 is 2.04 bits per heavy atom. The van der Waals surface area contributed by atoms with E-state index in [1.807, 2.05) is 30.3 Å². The van der Waals surface area contributed by atoms with Gasteiger partial charge in [-0.05, 0) is 43.7 Å². The van der Waals surface area contributed by atoms with Crippen LogP contribution in [0.25, 0.3) is 10.9 Å². The minimum absolute atomic E-state index is 0.00823. The van der Waals surface area contributed by atoms with Gasteiger partial charge in [-0.25, -0.2) is 4.98 Å². The molecule has 1 fully saturated rings. The van der Waals surface area contributed by atoms with Crippen molar-refractivity contribution in [3.8, 4) is 0 Å². The fourth-order valence-electron chi connectivity index (χ4n) is 3.36. The minimum atomic E-state index is -0.00823. The summed E-state index contributed by atoms with van der Waals surface area (Å²) < 4.78 is 0. The molecule has 2 atom stereocenters. The quantitative estimate of drug-likeness (QED) is 0.906. The maximum absolute atomic E-state index is 12.9. The van der Waals surface area contributed by atoms with Gasteiger partial charge in [0.15, 0.2) is 0 Å². The highest BCUT2D eigenvalue weighted by Crippen LogP contribution is 2.26. The number of hydrogen-bond donors (Lipinski definition) is 1. The molecule has 1 saturated heterocycles. The monoisotopic (exact) mass is 339 g/mol. The lowest BCUT2D eigenvalue weighted by molar-refractivity contribution is 0.0932. The van der Waals surface area contributed by atoms with E-state index in [-0.39, 0.29) is 11.9 Å². The normalized spacial score (nSPS) is 19.2. The summed E-state index contributed by atoms with van der Waals surface area (Å²) in [4.78, 5) is 20.1. The number of amides is 1. The van der Waals surface area contributed by atoms with Gasteiger partial charge >= 0.3 is 0 Å². The minimum Gasteiger partial charge on any atom is -0.356 e. The third kappa shape index (κ3) is 3.94. The number of hydrogen-bond acceptors (Lipinski definition) is 3. The van der Waals surface area contributed by atoms with Crippen LogP contribution in [0.3, 0.4) is 0 Å². The van der Waals surface area contributed by atoms with Gasteiger partial charge in [0.2, 0.25) is 0 Å². The second-order valence-electron chi connectivity index (χ2n) is 7.74. The summed E-state index contributed by atoms with van der Waals surface area (Å²) in [5.41, 5.74) is 1.62. The molecule has 25 heavy (non-hydrogen) atoms. The molecule has 0 radical (unpaired) electrons. The number of benzene rings is 1. The lowest BCUT2D eigenvalue weighted by Crippen LogP contribution is -2.37. The van der Waals surface area contributed by atoms with Crippen LogP contribution in [0.2, 0.25) is 0 Å². The topological polar surface area (TPSA) is 45.2 Å². The molecule has 1 amide bonds. The second-order valence-corrected chi connectivity index (χ2v) is 7.74. The summed E-state index contributed by atoms with van der Waals surface area (Å²) in [5.74, 6) is 1.98. The lowest BCUT2D eigenvalue weighted by atomic mass is 9.99. The molecule has 2 aromatic rings. The van der Waals surface area contributed by atoms with E-state index in [2.05, 4.69) is 37.9 Å². The standard InChI is InChI=1S/C21H29N3O/c1-14(2)16(4)22-21(25)18-12-20(24-11-7-8-15(3)13-24)23-19-10-6-5-9-17(18)19/h5-6,9-10,12,14-16H,7-8,11,13H2,1-4H3,(H,22,25)/t15-,16+/m1/s1. The third-order valence-electron chi connectivity index (χ3n) is 5.29. The average Bonchev–Trinajstić information content (AvgIpc) is 2.60. The van der Waals surface area contributed by atoms with Gasteiger partial charge in [0, 0.05) is 24.5 Å². The summed E-state index contributed by atoms with van der Waals surface area (Å²) >= 11 is 0. The van der Waals surface area contributed by atoms with Crippen molar-refractivity contribution < 1.29 is 4.79 Å². The summed E-state index contributed by atoms with van der Waals surface area (Å²) in [6.45, 7) is 10.6. The van der Waals surface area contributed by atoms with Crippen LogP contribution in [0.1, 0.15) is 50.9 Å². The van der Waals surface area contributed by atoms with E-state index >= 15 is 0 Å². The van der Waals surface area contributed by atoms with Crippen molar-refractivity contribution in [1.82, 2.24) is 10.3 Å². The molecule has 1 aliphatic heterocycles.